The molecule has 0 aliphatic rings. The standard InChI is InChI=1S/C18H23N3O2S/c1-5-21-13(2)10-15(14(21)3)11-19-20-18(22)12-24-17-8-6-16(23-4)7-9-17/h6-11H,5,12H2,1-4H3,(H,20,22)/b19-11+. The zero-order valence-corrected chi connectivity index (χ0v) is 15.3. The number of carbonyl (C=O) groups is 1. The van der Waals surface area contributed by atoms with Gasteiger partial charge in [-0.25, -0.2) is 5.43 Å². The minimum Gasteiger partial charge on any atom is -0.497 e. The summed E-state index contributed by atoms with van der Waals surface area (Å²) in [5.41, 5.74) is 5.94. The Morgan fingerprint density at radius 3 is 2.62 bits per heavy atom. The Labute approximate surface area is 147 Å². The number of ether oxygens (including phenoxy) is 1. The number of methoxy groups -OCH3 is 1. The molecule has 1 N–H and O–H groups in total. The van der Waals surface area contributed by atoms with E-state index in [9.17, 15) is 4.79 Å². The van der Waals surface area contributed by atoms with Crippen LogP contribution in [0.5, 0.6) is 5.75 Å². The first-order chi connectivity index (χ1) is 11.5. The number of amides is 1. The molecule has 0 radical (unpaired) electrons. The summed E-state index contributed by atoms with van der Waals surface area (Å²) < 4.78 is 7.32. The molecule has 2 aromatic rings. The van der Waals surface area contributed by atoms with Gasteiger partial charge in [-0.05, 0) is 51.1 Å². The number of rotatable bonds is 7. The maximum absolute atomic E-state index is 11.9. The number of nitrogens with zero attached hydrogens (tertiary/aromatic N) is 2. The van der Waals surface area contributed by atoms with E-state index in [0.717, 1.165) is 28.4 Å². The van der Waals surface area contributed by atoms with Crippen molar-refractivity contribution in [3.63, 3.8) is 0 Å². The zero-order chi connectivity index (χ0) is 17.5. The Kier molecular flexibility index (Phi) is 6.49. The van der Waals surface area contributed by atoms with E-state index >= 15 is 0 Å². The van der Waals surface area contributed by atoms with Crippen molar-refractivity contribution in [3.05, 3.63) is 47.3 Å². The summed E-state index contributed by atoms with van der Waals surface area (Å²) in [7, 11) is 1.63. The van der Waals surface area contributed by atoms with Gasteiger partial charge in [0, 0.05) is 28.4 Å². The molecule has 0 unspecified atom stereocenters. The van der Waals surface area contributed by atoms with Crippen molar-refractivity contribution in [2.45, 2.75) is 32.2 Å². The summed E-state index contributed by atoms with van der Waals surface area (Å²) in [5, 5.41) is 4.06. The van der Waals surface area contributed by atoms with Crippen LogP contribution in [-0.2, 0) is 11.3 Å². The van der Waals surface area contributed by atoms with Crippen LogP contribution in [0.15, 0.2) is 40.3 Å². The van der Waals surface area contributed by atoms with Gasteiger partial charge in [0.05, 0.1) is 19.1 Å². The fourth-order valence-corrected chi connectivity index (χ4v) is 3.16. The van der Waals surface area contributed by atoms with Gasteiger partial charge in [0.25, 0.3) is 0 Å². The molecule has 24 heavy (non-hydrogen) atoms. The summed E-state index contributed by atoms with van der Waals surface area (Å²) >= 11 is 1.46. The number of nitrogens with one attached hydrogen (secondary N) is 1. The quantitative estimate of drug-likeness (QED) is 0.475. The second kappa shape index (κ2) is 8.59. The Morgan fingerprint density at radius 2 is 2.04 bits per heavy atom. The minimum absolute atomic E-state index is 0.128. The van der Waals surface area contributed by atoms with Crippen LogP contribution in [0, 0.1) is 13.8 Å². The van der Waals surface area contributed by atoms with Crippen molar-refractivity contribution in [2.75, 3.05) is 12.9 Å². The average Bonchev–Trinajstić information content (AvgIpc) is 2.86. The summed E-state index contributed by atoms with van der Waals surface area (Å²) in [6.45, 7) is 7.16. The van der Waals surface area contributed by atoms with Crippen LogP contribution < -0.4 is 10.2 Å². The van der Waals surface area contributed by atoms with Crippen molar-refractivity contribution in [1.82, 2.24) is 9.99 Å². The lowest BCUT2D eigenvalue weighted by molar-refractivity contribution is -0.118. The fourth-order valence-electron chi connectivity index (χ4n) is 2.47. The smallest absolute Gasteiger partial charge is 0.250 e. The van der Waals surface area contributed by atoms with Crippen LogP contribution in [0.2, 0.25) is 0 Å². The van der Waals surface area contributed by atoms with Crippen molar-refractivity contribution in [1.29, 1.82) is 0 Å². The lowest BCUT2D eigenvalue weighted by Gasteiger charge is -2.04. The molecule has 128 valence electrons. The van der Waals surface area contributed by atoms with Crippen LogP contribution >= 0.6 is 11.8 Å². The van der Waals surface area contributed by atoms with Gasteiger partial charge in [-0.15, -0.1) is 11.8 Å². The molecule has 6 heteroatoms. The number of hydrazone groups is 1. The highest BCUT2D eigenvalue weighted by Crippen LogP contribution is 2.20. The first-order valence-corrected chi connectivity index (χ1v) is 8.79. The predicted molar refractivity (Wildman–Crippen MR) is 99.0 cm³/mol. The van der Waals surface area contributed by atoms with Gasteiger partial charge in [-0.1, -0.05) is 0 Å². The molecule has 1 aromatic carbocycles. The number of thioether (sulfide) groups is 1. The monoisotopic (exact) mass is 345 g/mol. The SMILES string of the molecule is CCn1c(C)cc(/C=N/NC(=O)CSc2ccc(OC)cc2)c1C. The molecule has 0 aliphatic heterocycles. The van der Waals surface area contributed by atoms with E-state index in [1.807, 2.05) is 24.3 Å². The Balaban J connectivity index is 1.84. The molecule has 0 saturated carbocycles. The molecule has 0 saturated heterocycles. The van der Waals surface area contributed by atoms with E-state index in [1.165, 1.54) is 17.5 Å². The van der Waals surface area contributed by atoms with Gasteiger partial charge in [-0.3, -0.25) is 4.79 Å². The third-order valence-corrected chi connectivity index (χ3v) is 4.76. The van der Waals surface area contributed by atoms with Gasteiger partial charge >= 0.3 is 0 Å². The van der Waals surface area contributed by atoms with Gasteiger partial charge in [0.15, 0.2) is 0 Å². The van der Waals surface area contributed by atoms with Crippen molar-refractivity contribution < 1.29 is 9.53 Å². The Morgan fingerprint density at radius 1 is 1.33 bits per heavy atom. The van der Waals surface area contributed by atoms with Gasteiger partial charge in [0.2, 0.25) is 5.91 Å². The Hall–Kier alpha value is -2.21. The van der Waals surface area contributed by atoms with E-state index < -0.39 is 0 Å². The van der Waals surface area contributed by atoms with Gasteiger partial charge in [0.1, 0.15) is 5.75 Å². The van der Waals surface area contributed by atoms with Gasteiger partial charge in [-0.2, -0.15) is 5.10 Å². The average molecular weight is 345 g/mol. The molecule has 1 amide bonds. The van der Waals surface area contributed by atoms with Crippen LogP contribution in [0.4, 0.5) is 0 Å². The number of hydrogen-bond acceptors (Lipinski definition) is 4. The molecule has 0 bridgehead atoms. The Bertz CT molecular complexity index is 721. The van der Waals surface area contributed by atoms with Crippen LogP contribution in [-0.4, -0.2) is 29.6 Å². The normalized spacial score (nSPS) is 11.0. The molecule has 0 aliphatic carbocycles. The van der Waals surface area contributed by atoms with E-state index in [0.29, 0.717) is 5.75 Å². The van der Waals surface area contributed by atoms with Crippen LogP contribution in [0.1, 0.15) is 23.9 Å². The lowest BCUT2D eigenvalue weighted by atomic mass is 10.3. The second-order valence-corrected chi connectivity index (χ2v) is 6.38. The first-order valence-electron chi connectivity index (χ1n) is 7.80. The van der Waals surface area contributed by atoms with E-state index in [4.69, 9.17) is 4.74 Å². The number of benzene rings is 1. The highest BCUT2D eigenvalue weighted by molar-refractivity contribution is 8.00. The highest BCUT2D eigenvalue weighted by Gasteiger charge is 2.06. The van der Waals surface area contributed by atoms with Crippen LogP contribution in [0.25, 0.3) is 0 Å². The molecule has 5 nitrogen and oxygen atoms in total. The van der Waals surface area contributed by atoms with E-state index in [-0.39, 0.29) is 5.91 Å². The van der Waals surface area contributed by atoms with Crippen molar-refractivity contribution in [3.8, 4) is 5.75 Å². The third kappa shape index (κ3) is 4.64. The summed E-state index contributed by atoms with van der Waals surface area (Å²) in [6.07, 6.45) is 1.70. The molecule has 0 fully saturated rings. The van der Waals surface area contributed by atoms with Crippen molar-refractivity contribution in [2.24, 2.45) is 5.10 Å². The molecule has 0 atom stereocenters. The lowest BCUT2D eigenvalue weighted by Crippen LogP contribution is -2.19. The number of aromatic nitrogens is 1. The van der Waals surface area contributed by atoms with Gasteiger partial charge < -0.3 is 9.30 Å². The molecule has 2 rings (SSSR count). The molecule has 1 heterocycles. The zero-order valence-electron chi connectivity index (χ0n) is 14.5. The molecular weight excluding hydrogens is 322 g/mol. The first kappa shape index (κ1) is 18.1. The second-order valence-electron chi connectivity index (χ2n) is 5.33. The minimum atomic E-state index is -0.128. The third-order valence-electron chi connectivity index (χ3n) is 3.75. The fraction of sp³-hybridized carbons (Fsp3) is 0.333. The van der Waals surface area contributed by atoms with E-state index in [2.05, 4.69) is 41.9 Å². The van der Waals surface area contributed by atoms with Crippen LogP contribution in [0.3, 0.4) is 0 Å². The number of carbonyl (C=O) groups excluding carboxylic acids is 1. The molecule has 1 aromatic heterocycles. The molecular formula is C18H23N3O2S. The summed E-state index contributed by atoms with van der Waals surface area (Å²) in [4.78, 5) is 12.9. The summed E-state index contributed by atoms with van der Waals surface area (Å²) in [6, 6.07) is 9.68. The largest absolute Gasteiger partial charge is 0.497 e. The van der Waals surface area contributed by atoms with E-state index in [1.54, 1.807) is 13.3 Å². The summed E-state index contributed by atoms with van der Waals surface area (Å²) in [5.74, 6) is 0.993. The predicted octanol–water partition coefficient (Wildman–Crippen LogP) is 3.38. The number of aryl methyl sites for hydroxylation is 1. The number of hydrogen-bond donors (Lipinski definition) is 1. The maximum Gasteiger partial charge on any atom is 0.250 e. The highest BCUT2D eigenvalue weighted by atomic mass is 32.2. The van der Waals surface area contributed by atoms with Crippen molar-refractivity contribution >= 4 is 23.9 Å². The molecule has 0 spiro atoms. The topological polar surface area (TPSA) is 55.6 Å². The maximum atomic E-state index is 11.9.